The van der Waals surface area contributed by atoms with Crippen LogP contribution in [0, 0.1) is 0 Å². The highest BCUT2D eigenvalue weighted by molar-refractivity contribution is 14.0. The standard InChI is InChI=1S/C15H22N6O.HI/c1-16-15(17-7-4-8-22-2)18-10-12-5-3-6-13(9-12)14-19-11-20-21-14;/h3,5-6,9,11H,4,7-8,10H2,1-2H3,(H2,16,17,18)(H,19,20,21);1H. The van der Waals surface area contributed by atoms with Gasteiger partial charge in [0.1, 0.15) is 6.33 Å². The summed E-state index contributed by atoms with van der Waals surface area (Å²) in [5.41, 5.74) is 2.16. The number of H-pyrrole nitrogens is 1. The number of aliphatic imine (C=N–C) groups is 1. The van der Waals surface area contributed by atoms with Gasteiger partial charge >= 0.3 is 0 Å². The third kappa shape index (κ3) is 6.53. The summed E-state index contributed by atoms with van der Waals surface area (Å²) in [5.74, 6) is 1.55. The lowest BCUT2D eigenvalue weighted by molar-refractivity contribution is 0.195. The lowest BCUT2D eigenvalue weighted by Crippen LogP contribution is -2.37. The van der Waals surface area contributed by atoms with Gasteiger partial charge < -0.3 is 15.4 Å². The number of methoxy groups -OCH3 is 1. The van der Waals surface area contributed by atoms with E-state index >= 15 is 0 Å². The molecule has 126 valence electrons. The minimum Gasteiger partial charge on any atom is -0.385 e. The van der Waals surface area contributed by atoms with Crippen molar-refractivity contribution in [1.29, 1.82) is 0 Å². The van der Waals surface area contributed by atoms with Crippen molar-refractivity contribution in [3.05, 3.63) is 36.2 Å². The van der Waals surface area contributed by atoms with Crippen LogP contribution in [0.15, 0.2) is 35.6 Å². The van der Waals surface area contributed by atoms with E-state index in [-0.39, 0.29) is 24.0 Å². The number of hydrogen-bond donors (Lipinski definition) is 3. The Balaban J connectivity index is 0.00000264. The predicted octanol–water partition coefficient (Wildman–Crippen LogP) is 1.79. The van der Waals surface area contributed by atoms with Crippen molar-refractivity contribution >= 4 is 29.9 Å². The summed E-state index contributed by atoms with van der Waals surface area (Å²) in [6.07, 6.45) is 2.45. The quantitative estimate of drug-likeness (QED) is 0.270. The molecule has 1 aromatic heterocycles. The van der Waals surface area contributed by atoms with Gasteiger partial charge in [-0.2, -0.15) is 5.10 Å². The smallest absolute Gasteiger partial charge is 0.191 e. The number of aromatic nitrogens is 3. The largest absolute Gasteiger partial charge is 0.385 e. The molecule has 0 saturated heterocycles. The van der Waals surface area contributed by atoms with Gasteiger partial charge in [0.15, 0.2) is 11.8 Å². The molecule has 0 aliphatic rings. The Morgan fingerprint density at radius 1 is 1.35 bits per heavy atom. The van der Waals surface area contributed by atoms with Crippen LogP contribution in [0.5, 0.6) is 0 Å². The highest BCUT2D eigenvalue weighted by Gasteiger charge is 2.03. The van der Waals surface area contributed by atoms with Crippen LogP contribution in [0.4, 0.5) is 0 Å². The maximum Gasteiger partial charge on any atom is 0.191 e. The van der Waals surface area contributed by atoms with Crippen LogP contribution >= 0.6 is 24.0 Å². The number of benzene rings is 1. The molecule has 2 rings (SSSR count). The second-order valence-electron chi connectivity index (χ2n) is 4.73. The minimum atomic E-state index is 0. The average molecular weight is 430 g/mol. The molecule has 0 atom stereocenters. The zero-order chi connectivity index (χ0) is 15.6. The maximum absolute atomic E-state index is 5.02. The molecule has 0 amide bonds. The van der Waals surface area contributed by atoms with E-state index in [9.17, 15) is 0 Å². The minimum absolute atomic E-state index is 0. The number of guanidine groups is 1. The van der Waals surface area contributed by atoms with Gasteiger partial charge in [0.25, 0.3) is 0 Å². The van der Waals surface area contributed by atoms with Crippen LogP contribution in [0.2, 0.25) is 0 Å². The number of nitrogens with zero attached hydrogens (tertiary/aromatic N) is 3. The third-order valence-electron chi connectivity index (χ3n) is 3.12. The second-order valence-corrected chi connectivity index (χ2v) is 4.73. The van der Waals surface area contributed by atoms with Crippen LogP contribution in [0.25, 0.3) is 11.4 Å². The Kier molecular flexibility index (Phi) is 9.22. The maximum atomic E-state index is 5.02. The molecule has 3 N–H and O–H groups in total. The highest BCUT2D eigenvalue weighted by atomic mass is 127. The predicted molar refractivity (Wildman–Crippen MR) is 102 cm³/mol. The summed E-state index contributed by atoms with van der Waals surface area (Å²) in [4.78, 5) is 8.36. The average Bonchev–Trinajstić information content (AvgIpc) is 3.09. The second kappa shape index (κ2) is 10.9. The summed E-state index contributed by atoms with van der Waals surface area (Å²) in [6, 6.07) is 8.14. The van der Waals surface area contributed by atoms with E-state index in [2.05, 4.69) is 42.9 Å². The van der Waals surface area contributed by atoms with Gasteiger partial charge in [-0.05, 0) is 18.1 Å². The lowest BCUT2D eigenvalue weighted by atomic mass is 10.1. The number of nitrogens with one attached hydrogen (secondary N) is 3. The third-order valence-corrected chi connectivity index (χ3v) is 3.12. The number of aromatic amines is 1. The van der Waals surface area contributed by atoms with E-state index < -0.39 is 0 Å². The molecule has 1 heterocycles. The van der Waals surface area contributed by atoms with Crippen molar-refractivity contribution < 1.29 is 4.74 Å². The van der Waals surface area contributed by atoms with Crippen LogP contribution in [-0.2, 0) is 11.3 Å². The topological polar surface area (TPSA) is 87.2 Å². The number of hydrogen-bond acceptors (Lipinski definition) is 4. The van der Waals surface area contributed by atoms with Crippen LogP contribution < -0.4 is 10.6 Å². The summed E-state index contributed by atoms with van der Waals surface area (Å²) >= 11 is 0. The Labute approximate surface area is 153 Å². The molecule has 0 fully saturated rings. The molecular weight excluding hydrogens is 407 g/mol. The number of rotatable bonds is 7. The first-order valence-electron chi connectivity index (χ1n) is 7.21. The summed E-state index contributed by atoms with van der Waals surface area (Å²) in [5, 5.41) is 13.3. The molecule has 1 aromatic carbocycles. The fraction of sp³-hybridized carbons (Fsp3) is 0.400. The monoisotopic (exact) mass is 430 g/mol. The lowest BCUT2D eigenvalue weighted by Gasteiger charge is -2.12. The molecule has 7 nitrogen and oxygen atoms in total. The van der Waals surface area contributed by atoms with Crippen molar-refractivity contribution in [3.63, 3.8) is 0 Å². The molecule has 2 aromatic rings. The van der Waals surface area contributed by atoms with Crippen molar-refractivity contribution in [2.45, 2.75) is 13.0 Å². The van der Waals surface area contributed by atoms with E-state index in [1.165, 1.54) is 6.33 Å². The van der Waals surface area contributed by atoms with E-state index in [0.29, 0.717) is 6.54 Å². The molecule has 0 spiro atoms. The van der Waals surface area contributed by atoms with E-state index in [1.54, 1.807) is 14.2 Å². The SMILES string of the molecule is CN=C(NCCCOC)NCc1cccc(-c2ncn[nH]2)c1.I. The first-order chi connectivity index (χ1) is 10.8. The van der Waals surface area contributed by atoms with Gasteiger partial charge in [0.2, 0.25) is 0 Å². The zero-order valence-electron chi connectivity index (χ0n) is 13.4. The van der Waals surface area contributed by atoms with E-state index in [4.69, 9.17) is 4.74 Å². The molecule has 0 radical (unpaired) electrons. The fourth-order valence-electron chi connectivity index (χ4n) is 2.00. The molecule has 0 bridgehead atoms. The zero-order valence-corrected chi connectivity index (χ0v) is 15.7. The van der Waals surface area contributed by atoms with Gasteiger partial charge in [0, 0.05) is 39.4 Å². The van der Waals surface area contributed by atoms with Gasteiger partial charge in [-0.15, -0.1) is 24.0 Å². The van der Waals surface area contributed by atoms with Crippen molar-refractivity contribution in [1.82, 2.24) is 25.8 Å². The Hall–Kier alpha value is -1.68. The van der Waals surface area contributed by atoms with E-state index in [1.807, 2.05) is 12.1 Å². The molecule has 0 unspecified atom stereocenters. The van der Waals surface area contributed by atoms with Gasteiger partial charge in [-0.25, -0.2) is 4.98 Å². The summed E-state index contributed by atoms with van der Waals surface area (Å²) in [6.45, 7) is 2.25. The van der Waals surface area contributed by atoms with Crippen molar-refractivity contribution in [3.8, 4) is 11.4 Å². The summed E-state index contributed by atoms with van der Waals surface area (Å²) in [7, 11) is 3.46. The molecule has 8 heteroatoms. The fourth-order valence-corrected chi connectivity index (χ4v) is 2.00. The number of halogens is 1. The van der Waals surface area contributed by atoms with Gasteiger partial charge in [-0.1, -0.05) is 18.2 Å². The van der Waals surface area contributed by atoms with Gasteiger partial charge in [-0.3, -0.25) is 10.1 Å². The van der Waals surface area contributed by atoms with Crippen LogP contribution in [0.3, 0.4) is 0 Å². The molecule has 0 aliphatic heterocycles. The Bertz CT molecular complexity index is 587. The first kappa shape index (κ1) is 19.4. The van der Waals surface area contributed by atoms with Crippen molar-refractivity contribution in [2.24, 2.45) is 4.99 Å². The Morgan fingerprint density at radius 2 is 2.22 bits per heavy atom. The highest BCUT2D eigenvalue weighted by Crippen LogP contribution is 2.15. The van der Waals surface area contributed by atoms with Crippen molar-refractivity contribution in [2.75, 3.05) is 27.3 Å². The molecular formula is C15H23IN6O. The Morgan fingerprint density at radius 3 is 2.91 bits per heavy atom. The van der Waals surface area contributed by atoms with E-state index in [0.717, 1.165) is 42.5 Å². The van der Waals surface area contributed by atoms with Crippen LogP contribution in [0.1, 0.15) is 12.0 Å². The first-order valence-corrected chi connectivity index (χ1v) is 7.21. The molecule has 23 heavy (non-hydrogen) atoms. The normalized spacial score (nSPS) is 11.0. The number of ether oxygens (including phenoxy) is 1. The van der Waals surface area contributed by atoms with Crippen LogP contribution in [-0.4, -0.2) is 48.5 Å². The molecule has 0 aliphatic carbocycles. The van der Waals surface area contributed by atoms with Gasteiger partial charge in [0.05, 0.1) is 0 Å². The molecule has 0 saturated carbocycles. The summed E-state index contributed by atoms with van der Waals surface area (Å²) < 4.78 is 5.02.